The molecule has 4 nitrogen and oxygen atoms in total. The van der Waals surface area contributed by atoms with Gasteiger partial charge in [-0.3, -0.25) is 4.79 Å². The number of nitrogens with two attached hydrogens (primary N) is 1. The van der Waals surface area contributed by atoms with E-state index in [1.807, 2.05) is 0 Å². The van der Waals surface area contributed by atoms with Crippen molar-refractivity contribution in [3.8, 4) is 0 Å². The number of carbonyl (C=O) groups is 1. The Morgan fingerprint density at radius 3 is 2.67 bits per heavy atom. The third-order valence-electron chi connectivity index (χ3n) is 2.78. The summed E-state index contributed by atoms with van der Waals surface area (Å²) in [6, 6.07) is 7.66. The Morgan fingerprint density at radius 1 is 1.33 bits per heavy atom. The molecule has 0 saturated heterocycles. The molecule has 1 aromatic carbocycles. The quantitative estimate of drug-likeness (QED) is 0.852. The van der Waals surface area contributed by atoms with Crippen molar-refractivity contribution >= 4 is 22.6 Å². The molecule has 0 radical (unpaired) electrons. The maximum absolute atomic E-state index is 12.8. The van der Waals surface area contributed by atoms with Gasteiger partial charge in [0.1, 0.15) is 5.82 Å². The van der Waals surface area contributed by atoms with Gasteiger partial charge in [-0.05, 0) is 12.1 Å². The fourth-order valence-corrected chi connectivity index (χ4v) is 1.75. The summed E-state index contributed by atoms with van der Waals surface area (Å²) in [7, 11) is 0. The molecular weight excluding hydrogens is 290 g/mol. The van der Waals surface area contributed by atoms with Crippen LogP contribution in [0.2, 0.25) is 0 Å². The third-order valence-corrected chi connectivity index (χ3v) is 2.78. The van der Waals surface area contributed by atoms with Gasteiger partial charge < -0.3 is 11.1 Å². The van der Waals surface area contributed by atoms with E-state index in [-0.39, 0.29) is 11.4 Å². The van der Waals surface area contributed by atoms with E-state index < -0.39 is 24.8 Å². The van der Waals surface area contributed by atoms with Gasteiger partial charge in [-0.1, -0.05) is 18.2 Å². The Hall–Kier alpha value is -2.38. The molecule has 0 saturated carbocycles. The van der Waals surface area contributed by atoms with Gasteiger partial charge in [0, 0.05) is 5.39 Å². The number of aromatic nitrogens is 1. The zero-order chi connectivity index (χ0) is 15.6. The first-order valence-corrected chi connectivity index (χ1v) is 5.90. The Morgan fingerprint density at radius 2 is 2.00 bits per heavy atom. The highest BCUT2D eigenvalue weighted by molar-refractivity contribution is 6.06. The topological polar surface area (TPSA) is 68.0 Å². The van der Waals surface area contributed by atoms with E-state index >= 15 is 0 Å². The zero-order valence-electron chi connectivity index (χ0n) is 10.6. The van der Waals surface area contributed by atoms with Crippen LogP contribution >= 0.6 is 0 Å². The van der Waals surface area contributed by atoms with Crippen LogP contribution in [0.1, 0.15) is 10.4 Å². The lowest BCUT2D eigenvalue weighted by Gasteiger charge is -2.16. The number of halogens is 4. The van der Waals surface area contributed by atoms with Crippen LogP contribution in [0.25, 0.3) is 10.9 Å². The number of nitrogens with zero attached hydrogens (tertiary/aromatic N) is 1. The lowest BCUT2D eigenvalue weighted by atomic mass is 10.1. The molecule has 0 unspecified atom stereocenters. The molecule has 0 bridgehead atoms. The normalized spacial score (nSPS) is 11.9. The van der Waals surface area contributed by atoms with Gasteiger partial charge >= 0.3 is 12.3 Å². The van der Waals surface area contributed by atoms with Crippen LogP contribution in [-0.4, -0.2) is 29.8 Å². The van der Waals surface area contributed by atoms with Crippen molar-refractivity contribution in [2.45, 2.75) is 12.3 Å². The van der Waals surface area contributed by atoms with Crippen molar-refractivity contribution in [2.75, 3.05) is 12.3 Å². The molecule has 0 aliphatic rings. The van der Waals surface area contributed by atoms with Crippen LogP contribution in [0.3, 0.4) is 0 Å². The molecular formula is C13H11F4N3O. The number of nitrogen functional groups attached to an aromatic ring is 1. The van der Waals surface area contributed by atoms with E-state index in [4.69, 9.17) is 5.73 Å². The molecule has 0 spiro atoms. The van der Waals surface area contributed by atoms with Crippen LogP contribution in [0.15, 0.2) is 30.3 Å². The standard InChI is InChI=1S/C13H11F4N3O/c14-12(15)13(16,17)6-19-11(21)8-5-10(18)20-9-4-2-1-3-7(8)9/h1-5,12H,6H2,(H2,18,20)(H,19,21). The maximum Gasteiger partial charge on any atom is 0.324 e. The molecule has 1 heterocycles. The molecule has 2 aromatic rings. The summed E-state index contributed by atoms with van der Waals surface area (Å²) in [6.45, 7) is -1.46. The van der Waals surface area contributed by atoms with Gasteiger partial charge in [-0.25, -0.2) is 13.8 Å². The zero-order valence-corrected chi connectivity index (χ0v) is 10.6. The van der Waals surface area contributed by atoms with Crippen molar-refractivity contribution in [1.29, 1.82) is 0 Å². The molecule has 0 aliphatic carbocycles. The number of benzene rings is 1. The molecule has 1 aromatic heterocycles. The largest absolute Gasteiger partial charge is 0.384 e. The summed E-state index contributed by atoms with van der Waals surface area (Å²) in [6.07, 6.45) is -3.85. The number of nitrogens with one attached hydrogen (secondary N) is 1. The number of rotatable bonds is 4. The minimum absolute atomic E-state index is 0.00293. The summed E-state index contributed by atoms with van der Waals surface area (Å²) in [5, 5.41) is 2.18. The molecule has 1 amide bonds. The minimum Gasteiger partial charge on any atom is -0.384 e. The summed E-state index contributed by atoms with van der Waals surface area (Å²) < 4.78 is 49.7. The van der Waals surface area contributed by atoms with Crippen LogP contribution in [0.5, 0.6) is 0 Å². The van der Waals surface area contributed by atoms with Crippen LogP contribution in [0.4, 0.5) is 23.4 Å². The second-order valence-electron chi connectivity index (χ2n) is 4.36. The fourth-order valence-electron chi connectivity index (χ4n) is 1.75. The number of amides is 1. The lowest BCUT2D eigenvalue weighted by molar-refractivity contribution is -0.123. The number of fused-ring (bicyclic) bond motifs is 1. The van der Waals surface area contributed by atoms with E-state index in [2.05, 4.69) is 4.98 Å². The Bertz CT molecular complexity index is 676. The Labute approximate surface area is 117 Å². The van der Waals surface area contributed by atoms with Gasteiger partial charge in [-0.15, -0.1) is 0 Å². The van der Waals surface area contributed by atoms with E-state index in [0.717, 1.165) is 0 Å². The second kappa shape index (κ2) is 5.55. The van der Waals surface area contributed by atoms with Gasteiger partial charge in [0.25, 0.3) is 5.91 Å². The molecule has 0 fully saturated rings. The molecule has 3 N–H and O–H groups in total. The van der Waals surface area contributed by atoms with Gasteiger partial charge in [-0.2, -0.15) is 8.78 Å². The molecule has 8 heteroatoms. The van der Waals surface area contributed by atoms with Crippen LogP contribution in [0, 0.1) is 0 Å². The average Bonchev–Trinajstić information content (AvgIpc) is 2.43. The first-order chi connectivity index (χ1) is 9.81. The smallest absolute Gasteiger partial charge is 0.324 e. The number of anilines is 1. The third kappa shape index (κ3) is 3.21. The Balaban J connectivity index is 2.28. The van der Waals surface area contributed by atoms with E-state index in [1.165, 1.54) is 6.07 Å². The second-order valence-corrected chi connectivity index (χ2v) is 4.36. The first-order valence-electron chi connectivity index (χ1n) is 5.90. The summed E-state index contributed by atoms with van der Waals surface area (Å²) in [5.74, 6) is -5.18. The molecule has 21 heavy (non-hydrogen) atoms. The first kappa shape index (κ1) is 15.0. The lowest BCUT2D eigenvalue weighted by Crippen LogP contribution is -2.41. The SMILES string of the molecule is Nc1cc(C(=O)NCC(F)(F)C(F)F)c2ccccc2n1. The van der Waals surface area contributed by atoms with Gasteiger partial charge in [0.2, 0.25) is 0 Å². The average molecular weight is 301 g/mol. The minimum atomic E-state index is -4.29. The Kier molecular flexibility index (Phi) is 3.97. The highest BCUT2D eigenvalue weighted by Gasteiger charge is 2.40. The van der Waals surface area contributed by atoms with Gasteiger partial charge in [0.05, 0.1) is 17.6 Å². The summed E-state index contributed by atoms with van der Waals surface area (Å²) in [5.41, 5.74) is 5.94. The molecule has 0 atom stereocenters. The maximum atomic E-state index is 12.8. The van der Waals surface area contributed by atoms with Crippen LogP contribution in [-0.2, 0) is 0 Å². The highest BCUT2D eigenvalue weighted by Crippen LogP contribution is 2.23. The molecule has 112 valence electrons. The van der Waals surface area contributed by atoms with Crippen molar-refractivity contribution < 1.29 is 22.4 Å². The van der Waals surface area contributed by atoms with Crippen LogP contribution < -0.4 is 11.1 Å². The summed E-state index contributed by atoms with van der Waals surface area (Å²) >= 11 is 0. The van der Waals surface area contributed by atoms with Crippen molar-refractivity contribution in [1.82, 2.24) is 10.3 Å². The number of hydrogen-bond donors (Lipinski definition) is 2. The van der Waals surface area contributed by atoms with Crippen molar-refractivity contribution in [3.63, 3.8) is 0 Å². The molecule has 0 aliphatic heterocycles. The van der Waals surface area contributed by atoms with Gasteiger partial charge in [0.15, 0.2) is 0 Å². The fraction of sp³-hybridized carbons (Fsp3) is 0.231. The highest BCUT2D eigenvalue weighted by atomic mass is 19.3. The molecule has 2 rings (SSSR count). The monoisotopic (exact) mass is 301 g/mol. The number of alkyl halides is 4. The predicted molar refractivity (Wildman–Crippen MR) is 69.4 cm³/mol. The van der Waals surface area contributed by atoms with Crippen molar-refractivity contribution in [3.05, 3.63) is 35.9 Å². The predicted octanol–water partition coefficient (Wildman–Crippen LogP) is 2.45. The van der Waals surface area contributed by atoms with E-state index in [1.54, 1.807) is 29.6 Å². The number of hydrogen-bond acceptors (Lipinski definition) is 3. The van der Waals surface area contributed by atoms with E-state index in [9.17, 15) is 22.4 Å². The van der Waals surface area contributed by atoms with E-state index in [0.29, 0.717) is 10.9 Å². The summed E-state index contributed by atoms with van der Waals surface area (Å²) in [4.78, 5) is 15.9. The number of pyridine rings is 1. The van der Waals surface area contributed by atoms with Crippen molar-refractivity contribution in [2.24, 2.45) is 0 Å². The number of para-hydroxylation sites is 1. The number of carbonyl (C=O) groups excluding carboxylic acids is 1.